The van der Waals surface area contributed by atoms with Crippen LogP contribution < -0.4 is 16.8 Å². The predicted molar refractivity (Wildman–Crippen MR) is 82.9 cm³/mol. The van der Waals surface area contributed by atoms with E-state index in [-0.39, 0.29) is 0 Å². The van der Waals surface area contributed by atoms with Gasteiger partial charge in [0.1, 0.15) is 0 Å². The molecular formula is C14H33N3O4. The zero-order valence-electron chi connectivity index (χ0n) is 13.9. The van der Waals surface area contributed by atoms with Crippen molar-refractivity contribution < 1.29 is 18.9 Å². The first-order chi connectivity index (χ1) is 9.83. The minimum Gasteiger partial charge on any atom is -0.349 e. The van der Waals surface area contributed by atoms with Crippen molar-refractivity contribution in [3.05, 3.63) is 0 Å². The monoisotopic (exact) mass is 307 g/mol. The summed E-state index contributed by atoms with van der Waals surface area (Å²) in [4.78, 5) is 0. The second-order valence-electron chi connectivity index (χ2n) is 5.52. The van der Waals surface area contributed by atoms with Crippen LogP contribution in [0, 0.1) is 0 Å². The Bertz CT molecular complexity index is 226. The molecule has 0 saturated carbocycles. The summed E-state index contributed by atoms with van der Waals surface area (Å²) >= 11 is 0. The first kappa shape index (κ1) is 20.7. The van der Waals surface area contributed by atoms with Gasteiger partial charge in [-0.1, -0.05) is 0 Å². The molecule has 0 heterocycles. The van der Waals surface area contributed by atoms with Gasteiger partial charge in [0.25, 0.3) is 0 Å². The Hall–Kier alpha value is -0.280. The lowest BCUT2D eigenvalue weighted by atomic mass is 10.4. The summed E-state index contributed by atoms with van der Waals surface area (Å²) in [6, 6.07) is 0. The molecule has 0 fully saturated rings. The van der Waals surface area contributed by atoms with Crippen molar-refractivity contribution in [1.29, 1.82) is 0 Å². The summed E-state index contributed by atoms with van der Waals surface area (Å²) < 4.78 is 22.1. The van der Waals surface area contributed by atoms with Gasteiger partial charge < -0.3 is 35.7 Å². The minimum atomic E-state index is -0.602. The highest BCUT2D eigenvalue weighted by molar-refractivity contribution is 4.57. The van der Waals surface area contributed by atoms with E-state index in [4.69, 9.17) is 30.4 Å². The fourth-order valence-electron chi connectivity index (χ4n) is 1.56. The predicted octanol–water partition coefficient (Wildman–Crippen LogP) is 0.0320. The van der Waals surface area contributed by atoms with Crippen LogP contribution in [0.15, 0.2) is 0 Å². The van der Waals surface area contributed by atoms with Crippen LogP contribution in [0.3, 0.4) is 0 Å². The van der Waals surface area contributed by atoms with E-state index < -0.39 is 11.6 Å². The van der Waals surface area contributed by atoms with Crippen LogP contribution >= 0.6 is 0 Å². The molecule has 5 N–H and O–H groups in total. The maximum Gasteiger partial charge on any atom is 0.162 e. The fourth-order valence-corrected chi connectivity index (χ4v) is 1.56. The van der Waals surface area contributed by atoms with Crippen molar-refractivity contribution in [2.24, 2.45) is 11.5 Å². The van der Waals surface area contributed by atoms with E-state index in [1.54, 1.807) is 0 Å². The fraction of sp³-hybridized carbons (Fsp3) is 1.00. The van der Waals surface area contributed by atoms with Crippen molar-refractivity contribution in [1.82, 2.24) is 5.32 Å². The molecule has 0 aliphatic heterocycles. The first-order valence-corrected chi connectivity index (χ1v) is 7.49. The number of nitrogens with two attached hydrogens (primary N) is 2. The molecule has 0 saturated heterocycles. The second kappa shape index (κ2) is 11.3. The third-order valence-corrected chi connectivity index (χ3v) is 2.59. The van der Waals surface area contributed by atoms with Crippen LogP contribution in [0.4, 0.5) is 0 Å². The van der Waals surface area contributed by atoms with Gasteiger partial charge in [0, 0.05) is 26.2 Å². The molecular weight excluding hydrogens is 274 g/mol. The number of rotatable bonds is 14. The average molecular weight is 307 g/mol. The summed E-state index contributed by atoms with van der Waals surface area (Å²) in [5, 5.41) is 3.23. The SMILES string of the molecule is CC(C)(OCCN)OCCNCCOC(C)(C)OCCN. The topological polar surface area (TPSA) is 101 Å². The summed E-state index contributed by atoms with van der Waals surface area (Å²) in [5.74, 6) is -1.20. The Balaban J connectivity index is 3.51. The lowest BCUT2D eigenvalue weighted by Gasteiger charge is -2.26. The normalized spacial score (nSPS) is 12.9. The van der Waals surface area contributed by atoms with E-state index in [0.29, 0.717) is 39.5 Å². The smallest absolute Gasteiger partial charge is 0.162 e. The molecule has 0 bridgehead atoms. The quantitative estimate of drug-likeness (QED) is 0.307. The molecule has 21 heavy (non-hydrogen) atoms. The standard InChI is InChI=1S/C14H33N3O4/c1-13(2,18-9-5-15)20-11-7-17-8-12-21-14(3,4)19-10-6-16/h17H,5-12,15-16H2,1-4H3. The third kappa shape index (κ3) is 13.1. The maximum atomic E-state index is 5.61. The maximum absolute atomic E-state index is 5.61. The second-order valence-corrected chi connectivity index (χ2v) is 5.52. The number of nitrogens with one attached hydrogen (secondary N) is 1. The van der Waals surface area contributed by atoms with Gasteiger partial charge in [0.2, 0.25) is 0 Å². The van der Waals surface area contributed by atoms with Crippen molar-refractivity contribution in [2.45, 2.75) is 39.3 Å². The Kier molecular flexibility index (Phi) is 11.2. The van der Waals surface area contributed by atoms with Crippen LogP contribution in [-0.2, 0) is 18.9 Å². The van der Waals surface area contributed by atoms with Crippen molar-refractivity contribution in [2.75, 3.05) is 52.6 Å². The van der Waals surface area contributed by atoms with Gasteiger partial charge in [-0.3, -0.25) is 0 Å². The largest absolute Gasteiger partial charge is 0.349 e. The zero-order valence-corrected chi connectivity index (χ0v) is 13.9. The lowest BCUT2D eigenvalue weighted by Crippen LogP contribution is -2.36. The van der Waals surface area contributed by atoms with Gasteiger partial charge in [0.05, 0.1) is 26.4 Å². The minimum absolute atomic E-state index is 0.490. The molecule has 7 nitrogen and oxygen atoms in total. The van der Waals surface area contributed by atoms with E-state index in [1.807, 2.05) is 27.7 Å². The summed E-state index contributed by atoms with van der Waals surface area (Å²) in [6.07, 6.45) is 0. The van der Waals surface area contributed by atoms with Gasteiger partial charge in [0.15, 0.2) is 11.6 Å². The Morgan fingerprint density at radius 1 is 0.667 bits per heavy atom. The molecule has 0 spiro atoms. The van der Waals surface area contributed by atoms with Crippen LogP contribution in [0.2, 0.25) is 0 Å². The zero-order chi connectivity index (χ0) is 16.2. The molecule has 0 radical (unpaired) electrons. The van der Waals surface area contributed by atoms with E-state index in [0.717, 1.165) is 13.1 Å². The number of hydrogen-bond acceptors (Lipinski definition) is 7. The van der Waals surface area contributed by atoms with E-state index in [9.17, 15) is 0 Å². The molecule has 128 valence electrons. The molecule has 0 aromatic heterocycles. The molecule has 0 aromatic rings. The van der Waals surface area contributed by atoms with E-state index >= 15 is 0 Å². The molecule has 0 rings (SSSR count). The summed E-state index contributed by atoms with van der Waals surface area (Å²) in [5.41, 5.74) is 10.8. The van der Waals surface area contributed by atoms with Crippen LogP contribution in [0.1, 0.15) is 27.7 Å². The first-order valence-electron chi connectivity index (χ1n) is 7.49. The van der Waals surface area contributed by atoms with E-state index in [1.165, 1.54) is 0 Å². The Morgan fingerprint density at radius 3 is 1.33 bits per heavy atom. The Morgan fingerprint density at radius 2 is 1.00 bits per heavy atom. The molecule has 0 amide bonds. The Labute approximate surface area is 128 Å². The lowest BCUT2D eigenvalue weighted by molar-refractivity contribution is -0.213. The molecule has 0 unspecified atom stereocenters. The highest BCUT2D eigenvalue weighted by Gasteiger charge is 2.18. The summed E-state index contributed by atoms with van der Waals surface area (Å²) in [6.45, 7) is 12.0. The van der Waals surface area contributed by atoms with Gasteiger partial charge in [-0.2, -0.15) is 0 Å². The van der Waals surface area contributed by atoms with Gasteiger partial charge >= 0.3 is 0 Å². The third-order valence-electron chi connectivity index (χ3n) is 2.59. The van der Waals surface area contributed by atoms with Crippen molar-refractivity contribution in [3.8, 4) is 0 Å². The highest BCUT2D eigenvalue weighted by atomic mass is 16.7. The van der Waals surface area contributed by atoms with Gasteiger partial charge in [-0.15, -0.1) is 0 Å². The molecule has 0 aliphatic carbocycles. The summed E-state index contributed by atoms with van der Waals surface area (Å²) in [7, 11) is 0. The molecule has 7 heteroatoms. The molecule has 0 atom stereocenters. The van der Waals surface area contributed by atoms with Gasteiger partial charge in [-0.25, -0.2) is 0 Å². The number of hydrogen-bond donors (Lipinski definition) is 3. The van der Waals surface area contributed by atoms with Crippen LogP contribution in [0.5, 0.6) is 0 Å². The highest BCUT2D eigenvalue weighted by Crippen LogP contribution is 2.10. The van der Waals surface area contributed by atoms with Gasteiger partial charge in [-0.05, 0) is 27.7 Å². The van der Waals surface area contributed by atoms with Crippen molar-refractivity contribution in [3.63, 3.8) is 0 Å². The molecule has 0 aliphatic rings. The van der Waals surface area contributed by atoms with Crippen LogP contribution in [0.25, 0.3) is 0 Å². The molecule has 0 aromatic carbocycles. The number of ether oxygens (including phenoxy) is 4. The van der Waals surface area contributed by atoms with Crippen LogP contribution in [-0.4, -0.2) is 64.2 Å². The average Bonchev–Trinajstić information content (AvgIpc) is 2.42. The van der Waals surface area contributed by atoms with E-state index in [2.05, 4.69) is 5.32 Å². The van der Waals surface area contributed by atoms with Crippen molar-refractivity contribution >= 4 is 0 Å².